The molecule has 2 rings (SSSR count). The lowest BCUT2D eigenvalue weighted by Crippen LogP contribution is -1.98. The number of rotatable bonds is 4. The van der Waals surface area contributed by atoms with Crippen molar-refractivity contribution in [3.8, 4) is 5.75 Å². The predicted octanol–water partition coefficient (Wildman–Crippen LogP) is 3.67. The van der Waals surface area contributed by atoms with Gasteiger partial charge in [0.1, 0.15) is 0 Å². The van der Waals surface area contributed by atoms with Gasteiger partial charge in [-0.2, -0.15) is 4.98 Å². The van der Waals surface area contributed by atoms with Crippen LogP contribution in [0.15, 0.2) is 27.2 Å². The molecule has 0 unspecified atom stereocenters. The van der Waals surface area contributed by atoms with Crippen molar-refractivity contribution in [1.82, 2.24) is 10.1 Å². The molecule has 0 fully saturated rings. The van der Waals surface area contributed by atoms with Gasteiger partial charge in [0.25, 0.3) is 5.89 Å². The average Bonchev–Trinajstić information content (AvgIpc) is 2.79. The van der Waals surface area contributed by atoms with Crippen molar-refractivity contribution in [2.24, 2.45) is 0 Å². The van der Waals surface area contributed by atoms with Gasteiger partial charge in [-0.3, -0.25) is 0 Å². The predicted molar refractivity (Wildman–Crippen MR) is 66.8 cm³/mol. The fourth-order valence-corrected chi connectivity index (χ4v) is 1.63. The van der Waals surface area contributed by atoms with Crippen molar-refractivity contribution >= 4 is 15.9 Å². The molecular weight excluding hydrogens is 303 g/mol. The average molecular weight is 315 g/mol. The number of aromatic nitrogens is 2. The summed E-state index contributed by atoms with van der Waals surface area (Å²) in [6.45, 7) is 3.97. The molecule has 0 aliphatic carbocycles. The number of hydrogen-bond donors (Lipinski definition) is 0. The van der Waals surface area contributed by atoms with Crippen LogP contribution in [0.4, 0.5) is 4.39 Å². The molecule has 0 aliphatic heterocycles. The Balaban J connectivity index is 2.04. The van der Waals surface area contributed by atoms with E-state index >= 15 is 0 Å². The van der Waals surface area contributed by atoms with E-state index in [2.05, 4.69) is 26.1 Å². The van der Waals surface area contributed by atoms with Crippen molar-refractivity contribution in [2.45, 2.75) is 26.4 Å². The standard InChI is InChI=1S/C12H12BrFN2O2/c1-7(2)12-15-11(18-16-12)6-17-10-5-8(13)3-4-9(10)14/h3-5,7H,6H2,1-2H3. The van der Waals surface area contributed by atoms with Gasteiger partial charge in [-0.1, -0.05) is 34.9 Å². The normalized spacial score (nSPS) is 10.9. The highest BCUT2D eigenvalue weighted by Crippen LogP contribution is 2.23. The minimum Gasteiger partial charge on any atom is -0.481 e. The smallest absolute Gasteiger partial charge is 0.264 e. The second-order valence-electron chi connectivity index (χ2n) is 4.06. The van der Waals surface area contributed by atoms with Gasteiger partial charge >= 0.3 is 0 Å². The molecule has 1 aromatic heterocycles. The summed E-state index contributed by atoms with van der Waals surface area (Å²) in [6.07, 6.45) is 0. The molecule has 0 bridgehead atoms. The number of benzene rings is 1. The van der Waals surface area contributed by atoms with Crippen LogP contribution in [0.5, 0.6) is 5.75 Å². The maximum Gasteiger partial charge on any atom is 0.264 e. The molecule has 1 aromatic carbocycles. The monoisotopic (exact) mass is 314 g/mol. The lowest BCUT2D eigenvalue weighted by atomic mass is 10.2. The zero-order valence-corrected chi connectivity index (χ0v) is 11.6. The van der Waals surface area contributed by atoms with Crippen molar-refractivity contribution in [3.05, 3.63) is 40.2 Å². The van der Waals surface area contributed by atoms with E-state index < -0.39 is 5.82 Å². The summed E-state index contributed by atoms with van der Waals surface area (Å²) in [6, 6.07) is 4.48. The number of ether oxygens (including phenoxy) is 1. The zero-order chi connectivity index (χ0) is 13.1. The summed E-state index contributed by atoms with van der Waals surface area (Å²) in [5.74, 6) is 0.849. The first-order valence-corrected chi connectivity index (χ1v) is 6.26. The van der Waals surface area contributed by atoms with Gasteiger partial charge in [0.05, 0.1) is 0 Å². The Hall–Kier alpha value is -1.43. The van der Waals surface area contributed by atoms with Crippen LogP contribution < -0.4 is 4.74 Å². The SMILES string of the molecule is CC(C)c1noc(COc2cc(Br)ccc2F)n1. The molecule has 2 aromatic rings. The maximum atomic E-state index is 13.4. The first-order valence-electron chi connectivity index (χ1n) is 5.46. The minimum atomic E-state index is -0.429. The Bertz CT molecular complexity index is 543. The van der Waals surface area contributed by atoms with Crippen LogP contribution >= 0.6 is 15.9 Å². The third kappa shape index (κ3) is 3.07. The first-order chi connectivity index (χ1) is 8.56. The van der Waals surface area contributed by atoms with Crippen molar-refractivity contribution < 1.29 is 13.7 Å². The van der Waals surface area contributed by atoms with E-state index in [1.807, 2.05) is 13.8 Å². The lowest BCUT2D eigenvalue weighted by Gasteiger charge is -2.04. The molecule has 1 heterocycles. The van der Waals surface area contributed by atoms with Crippen LogP contribution in [0.2, 0.25) is 0 Å². The highest BCUT2D eigenvalue weighted by atomic mass is 79.9. The van der Waals surface area contributed by atoms with Gasteiger partial charge in [-0.15, -0.1) is 0 Å². The largest absolute Gasteiger partial charge is 0.481 e. The zero-order valence-electron chi connectivity index (χ0n) is 9.98. The Labute approximate surface area is 112 Å². The van der Waals surface area contributed by atoms with Crippen LogP contribution in [0.1, 0.15) is 31.5 Å². The summed E-state index contributed by atoms with van der Waals surface area (Å²) in [5.41, 5.74) is 0. The topological polar surface area (TPSA) is 48.2 Å². The molecule has 0 saturated carbocycles. The molecule has 0 spiro atoms. The van der Waals surface area contributed by atoms with E-state index in [1.54, 1.807) is 12.1 Å². The van der Waals surface area contributed by atoms with Gasteiger partial charge < -0.3 is 9.26 Å². The van der Waals surface area contributed by atoms with Crippen molar-refractivity contribution in [3.63, 3.8) is 0 Å². The van der Waals surface area contributed by atoms with Gasteiger partial charge in [-0.05, 0) is 18.2 Å². The molecule has 4 nitrogen and oxygen atoms in total. The van der Waals surface area contributed by atoms with E-state index in [0.29, 0.717) is 11.7 Å². The quantitative estimate of drug-likeness (QED) is 0.863. The molecule has 0 atom stereocenters. The van der Waals surface area contributed by atoms with Crippen LogP contribution in [-0.4, -0.2) is 10.1 Å². The number of nitrogens with zero attached hydrogens (tertiary/aromatic N) is 2. The van der Waals surface area contributed by atoms with Gasteiger partial charge in [0.15, 0.2) is 24.0 Å². The number of hydrogen-bond acceptors (Lipinski definition) is 4. The molecule has 18 heavy (non-hydrogen) atoms. The van der Waals surface area contributed by atoms with Crippen LogP contribution in [0, 0.1) is 5.82 Å². The van der Waals surface area contributed by atoms with Crippen LogP contribution in [-0.2, 0) is 6.61 Å². The molecule has 96 valence electrons. The van der Waals surface area contributed by atoms with E-state index in [4.69, 9.17) is 9.26 Å². The Morgan fingerprint density at radius 3 is 2.89 bits per heavy atom. The fraction of sp³-hybridized carbons (Fsp3) is 0.333. The molecule has 0 aliphatic rings. The number of halogens is 2. The van der Waals surface area contributed by atoms with E-state index in [-0.39, 0.29) is 18.3 Å². The van der Waals surface area contributed by atoms with E-state index in [9.17, 15) is 4.39 Å². The third-order valence-corrected chi connectivity index (χ3v) is 2.74. The minimum absolute atomic E-state index is 0.0487. The van der Waals surface area contributed by atoms with Crippen molar-refractivity contribution in [1.29, 1.82) is 0 Å². The van der Waals surface area contributed by atoms with Gasteiger partial charge in [0.2, 0.25) is 0 Å². The molecule has 0 N–H and O–H groups in total. The summed E-state index contributed by atoms with van der Waals surface area (Å²) in [7, 11) is 0. The first kappa shape index (κ1) is 13.0. The summed E-state index contributed by atoms with van der Waals surface area (Å²) in [5, 5.41) is 3.80. The van der Waals surface area contributed by atoms with Gasteiger partial charge in [0, 0.05) is 10.4 Å². The van der Waals surface area contributed by atoms with Crippen molar-refractivity contribution in [2.75, 3.05) is 0 Å². The molecule has 0 amide bonds. The summed E-state index contributed by atoms with van der Waals surface area (Å²) < 4.78 is 24.4. The molecule has 0 saturated heterocycles. The van der Waals surface area contributed by atoms with E-state index in [1.165, 1.54) is 6.07 Å². The lowest BCUT2D eigenvalue weighted by molar-refractivity contribution is 0.234. The highest BCUT2D eigenvalue weighted by molar-refractivity contribution is 9.10. The Morgan fingerprint density at radius 2 is 2.22 bits per heavy atom. The summed E-state index contributed by atoms with van der Waals surface area (Å²) >= 11 is 3.25. The summed E-state index contributed by atoms with van der Waals surface area (Å²) in [4.78, 5) is 4.14. The Kier molecular flexibility index (Phi) is 3.96. The maximum absolute atomic E-state index is 13.4. The molecular formula is C12H12BrFN2O2. The second-order valence-corrected chi connectivity index (χ2v) is 4.98. The van der Waals surface area contributed by atoms with Crippen LogP contribution in [0.3, 0.4) is 0 Å². The Morgan fingerprint density at radius 1 is 1.44 bits per heavy atom. The third-order valence-electron chi connectivity index (χ3n) is 2.24. The molecule has 6 heteroatoms. The van der Waals surface area contributed by atoms with Gasteiger partial charge in [-0.25, -0.2) is 4.39 Å². The fourth-order valence-electron chi connectivity index (χ4n) is 1.29. The van der Waals surface area contributed by atoms with E-state index in [0.717, 1.165) is 4.47 Å². The second kappa shape index (κ2) is 5.48. The highest BCUT2D eigenvalue weighted by Gasteiger charge is 2.11. The van der Waals surface area contributed by atoms with Crippen LogP contribution in [0.25, 0.3) is 0 Å². The molecule has 0 radical (unpaired) electrons.